The number of aryl methyl sites for hydroxylation is 1. The summed E-state index contributed by atoms with van der Waals surface area (Å²) in [6.07, 6.45) is 0. The second kappa shape index (κ2) is 6.44. The maximum atomic E-state index is 5.23. The minimum Gasteiger partial charge on any atom is -0.497 e. The quantitative estimate of drug-likeness (QED) is 0.787. The molecule has 0 aliphatic carbocycles. The molecule has 100 valence electrons. The highest BCUT2D eigenvalue weighted by atomic mass is 79.9. The topological polar surface area (TPSA) is 21.3 Å². The third-order valence-corrected chi connectivity index (χ3v) is 4.28. The van der Waals surface area contributed by atoms with Gasteiger partial charge >= 0.3 is 0 Å². The van der Waals surface area contributed by atoms with E-state index in [1.54, 1.807) is 7.11 Å². The summed E-state index contributed by atoms with van der Waals surface area (Å²) >= 11 is 7.12. The fourth-order valence-electron chi connectivity index (χ4n) is 1.75. The van der Waals surface area contributed by atoms with Crippen LogP contribution in [0.3, 0.4) is 0 Å². The lowest BCUT2D eigenvalue weighted by Gasteiger charge is -2.12. The Kier molecular flexibility index (Phi) is 4.88. The van der Waals surface area contributed by atoms with Crippen molar-refractivity contribution in [1.29, 1.82) is 0 Å². The molecule has 2 rings (SSSR count). The van der Waals surface area contributed by atoms with Crippen molar-refractivity contribution >= 4 is 37.5 Å². The first-order chi connectivity index (χ1) is 9.10. The number of ether oxygens (including phenoxy) is 1. The Morgan fingerprint density at radius 1 is 1.05 bits per heavy atom. The van der Waals surface area contributed by atoms with E-state index in [4.69, 9.17) is 4.74 Å². The van der Waals surface area contributed by atoms with Crippen LogP contribution in [0.5, 0.6) is 5.75 Å². The smallest absolute Gasteiger partial charge is 0.121 e. The second-order valence-electron chi connectivity index (χ2n) is 4.29. The molecule has 2 aromatic rings. The van der Waals surface area contributed by atoms with Crippen molar-refractivity contribution in [3.05, 3.63) is 56.5 Å². The number of anilines is 1. The van der Waals surface area contributed by atoms with Crippen molar-refractivity contribution in [2.75, 3.05) is 12.4 Å². The van der Waals surface area contributed by atoms with Crippen LogP contribution in [0.1, 0.15) is 11.1 Å². The summed E-state index contributed by atoms with van der Waals surface area (Å²) in [5.41, 5.74) is 3.49. The highest BCUT2D eigenvalue weighted by molar-refractivity contribution is 9.10. The molecular formula is C15H15Br2NO. The van der Waals surface area contributed by atoms with Gasteiger partial charge < -0.3 is 10.1 Å². The van der Waals surface area contributed by atoms with Crippen molar-refractivity contribution < 1.29 is 4.74 Å². The first kappa shape index (κ1) is 14.4. The monoisotopic (exact) mass is 383 g/mol. The lowest BCUT2D eigenvalue weighted by molar-refractivity contribution is 0.415. The molecule has 0 spiro atoms. The molecule has 0 fully saturated rings. The zero-order valence-corrected chi connectivity index (χ0v) is 14.0. The second-order valence-corrected chi connectivity index (χ2v) is 6.00. The Morgan fingerprint density at radius 3 is 2.53 bits per heavy atom. The molecule has 0 bridgehead atoms. The van der Waals surface area contributed by atoms with Gasteiger partial charge in [-0.1, -0.05) is 28.1 Å². The van der Waals surface area contributed by atoms with Gasteiger partial charge in [0.25, 0.3) is 0 Å². The minimum atomic E-state index is 0.757. The summed E-state index contributed by atoms with van der Waals surface area (Å²) in [4.78, 5) is 0. The predicted molar refractivity (Wildman–Crippen MR) is 86.9 cm³/mol. The van der Waals surface area contributed by atoms with Gasteiger partial charge in [-0.15, -0.1) is 0 Å². The van der Waals surface area contributed by atoms with E-state index in [-0.39, 0.29) is 0 Å². The number of hydrogen-bond acceptors (Lipinski definition) is 2. The molecule has 1 N–H and O–H groups in total. The van der Waals surface area contributed by atoms with Crippen molar-refractivity contribution in [1.82, 2.24) is 0 Å². The molecule has 4 heteroatoms. The molecule has 0 aliphatic rings. The van der Waals surface area contributed by atoms with Crippen LogP contribution in [0.15, 0.2) is 45.3 Å². The lowest BCUT2D eigenvalue weighted by atomic mass is 10.1. The van der Waals surface area contributed by atoms with Gasteiger partial charge in [0.1, 0.15) is 5.75 Å². The van der Waals surface area contributed by atoms with Gasteiger partial charge in [-0.05, 0) is 52.2 Å². The molecule has 0 aromatic heterocycles. The summed E-state index contributed by atoms with van der Waals surface area (Å²) in [5.74, 6) is 0.841. The van der Waals surface area contributed by atoms with Crippen LogP contribution in [-0.4, -0.2) is 7.11 Å². The molecule has 0 saturated heterocycles. The van der Waals surface area contributed by atoms with Crippen LogP contribution >= 0.6 is 31.9 Å². The Morgan fingerprint density at radius 2 is 1.84 bits per heavy atom. The van der Waals surface area contributed by atoms with Gasteiger partial charge in [0.2, 0.25) is 0 Å². The number of halogens is 2. The third-order valence-electron chi connectivity index (χ3n) is 2.85. The van der Waals surface area contributed by atoms with E-state index in [2.05, 4.69) is 62.3 Å². The van der Waals surface area contributed by atoms with Gasteiger partial charge in [-0.3, -0.25) is 0 Å². The van der Waals surface area contributed by atoms with Crippen molar-refractivity contribution in [3.63, 3.8) is 0 Å². The first-order valence-electron chi connectivity index (χ1n) is 5.92. The average Bonchev–Trinajstić information content (AvgIpc) is 2.39. The Labute approximate surface area is 130 Å². The Balaban J connectivity index is 2.14. The molecule has 0 amide bonds. The highest BCUT2D eigenvalue weighted by Crippen LogP contribution is 2.28. The standard InChI is InChI=1S/C15H15Br2NO/c1-10-3-4-11(14(17)7-10)9-18-15-8-12(19-2)5-6-13(15)16/h3-8,18H,9H2,1-2H3. The van der Waals surface area contributed by atoms with E-state index >= 15 is 0 Å². The summed E-state index contributed by atoms with van der Waals surface area (Å²) in [5, 5.41) is 3.41. The zero-order valence-electron chi connectivity index (χ0n) is 10.8. The number of nitrogens with one attached hydrogen (secondary N) is 1. The molecule has 0 aliphatic heterocycles. The lowest BCUT2D eigenvalue weighted by Crippen LogP contribution is -2.01. The maximum Gasteiger partial charge on any atom is 0.121 e. The molecular weight excluding hydrogens is 370 g/mol. The zero-order chi connectivity index (χ0) is 13.8. The van der Waals surface area contributed by atoms with E-state index < -0.39 is 0 Å². The van der Waals surface area contributed by atoms with E-state index in [1.807, 2.05) is 18.2 Å². The molecule has 19 heavy (non-hydrogen) atoms. The maximum absolute atomic E-state index is 5.23. The van der Waals surface area contributed by atoms with Crippen LogP contribution in [0.2, 0.25) is 0 Å². The van der Waals surface area contributed by atoms with Crippen LogP contribution in [0, 0.1) is 6.92 Å². The fraction of sp³-hybridized carbons (Fsp3) is 0.200. The van der Waals surface area contributed by atoms with Crippen molar-refractivity contribution in [3.8, 4) is 5.75 Å². The van der Waals surface area contributed by atoms with E-state index in [1.165, 1.54) is 11.1 Å². The molecule has 0 heterocycles. The molecule has 0 atom stereocenters. The van der Waals surface area contributed by atoms with E-state index in [9.17, 15) is 0 Å². The van der Waals surface area contributed by atoms with Gasteiger partial charge in [0.15, 0.2) is 0 Å². The van der Waals surface area contributed by atoms with Crippen molar-refractivity contribution in [2.24, 2.45) is 0 Å². The van der Waals surface area contributed by atoms with Gasteiger partial charge in [0.05, 0.1) is 12.8 Å². The van der Waals surface area contributed by atoms with Crippen LogP contribution in [0.25, 0.3) is 0 Å². The number of hydrogen-bond donors (Lipinski definition) is 1. The van der Waals surface area contributed by atoms with Gasteiger partial charge in [-0.2, -0.15) is 0 Å². The Hall–Kier alpha value is -1.00. The molecule has 0 saturated carbocycles. The number of benzene rings is 2. The summed E-state index contributed by atoms with van der Waals surface area (Å²) in [6, 6.07) is 12.2. The fourth-order valence-corrected chi connectivity index (χ4v) is 2.77. The number of methoxy groups -OCH3 is 1. The highest BCUT2D eigenvalue weighted by Gasteiger charge is 2.04. The molecule has 0 unspecified atom stereocenters. The van der Waals surface area contributed by atoms with Crippen molar-refractivity contribution in [2.45, 2.75) is 13.5 Å². The third kappa shape index (κ3) is 3.74. The van der Waals surface area contributed by atoms with E-state index in [0.717, 1.165) is 26.9 Å². The first-order valence-corrected chi connectivity index (χ1v) is 7.51. The predicted octanol–water partition coefficient (Wildman–Crippen LogP) is 5.14. The van der Waals surface area contributed by atoms with Crippen LogP contribution in [-0.2, 0) is 6.54 Å². The SMILES string of the molecule is COc1ccc(Br)c(NCc2ccc(C)cc2Br)c1. The van der Waals surface area contributed by atoms with E-state index in [0.29, 0.717) is 0 Å². The molecule has 2 aromatic carbocycles. The van der Waals surface area contributed by atoms with Crippen LogP contribution in [0.4, 0.5) is 5.69 Å². The Bertz CT molecular complexity index is 584. The normalized spacial score (nSPS) is 10.3. The summed E-state index contributed by atoms with van der Waals surface area (Å²) in [7, 11) is 1.67. The minimum absolute atomic E-state index is 0.757. The van der Waals surface area contributed by atoms with Crippen LogP contribution < -0.4 is 10.1 Å². The van der Waals surface area contributed by atoms with Gasteiger partial charge in [-0.25, -0.2) is 0 Å². The molecule has 2 nitrogen and oxygen atoms in total. The molecule has 0 radical (unpaired) electrons. The largest absolute Gasteiger partial charge is 0.497 e. The van der Waals surface area contributed by atoms with Gasteiger partial charge in [0, 0.05) is 21.6 Å². The number of rotatable bonds is 4. The average molecular weight is 385 g/mol. The summed E-state index contributed by atoms with van der Waals surface area (Å²) < 4.78 is 7.38. The summed E-state index contributed by atoms with van der Waals surface area (Å²) in [6.45, 7) is 2.84.